The van der Waals surface area contributed by atoms with Gasteiger partial charge in [-0.25, -0.2) is 14.3 Å². The number of nitrogens with zero attached hydrogens (tertiary/aromatic N) is 4. The van der Waals surface area contributed by atoms with Crippen molar-refractivity contribution in [2.45, 2.75) is 38.6 Å². The van der Waals surface area contributed by atoms with Crippen LogP contribution in [0.1, 0.15) is 38.3 Å². The van der Waals surface area contributed by atoms with Crippen molar-refractivity contribution < 1.29 is 9.53 Å². The molecule has 0 amide bonds. The molecule has 1 aliphatic heterocycles. The van der Waals surface area contributed by atoms with Crippen molar-refractivity contribution in [2.75, 3.05) is 18.6 Å². The van der Waals surface area contributed by atoms with Gasteiger partial charge in [0.05, 0.1) is 12.8 Å². The van der Waals surface area contributed by atoms with Gasteiger partial charge in [-0.3, -0.25) is 0 Å². The van der Waals surface area contributed by atoms with Gasteiger partial charge in [0.15, 0.2) is 5.82 Å². The molecule has 1 saturated heterocycles. The Labute approximate surface area is 123 Å². The molecule has 2 aromatic rings. The maximum absolute atomic E-state index is 11.9. The maximum atomic E-state index is 11.9. The van der Waals surface area contributed by atoms with Crippen molar-refractivity contribution in [3.8, 4) is 0 Å². The van der Waals surface area contributed by atoms with E-state index in [2.05, 4.69) is 30.0 Å². The SMILES string of the molecule is COC(=O)C1CCCN1c1nccn2nc(C(C)C)cc12. The van der Waals surface area contributed by atoms with E-state index in [1.165, 1.54) is 7.11 Å². The van der Waals surface area contributed by atoms with E-state index < -0.39 is 0 Å². The fourth-order valence-electron chi connectivity index (χ4n) is 2.83. The molecule has 0 saturated carbocycles. The molecule has 0 spiro atoms. The largest absolute Gasteiger partial charge is 0.467 e. The van der Waals surface area contributed by atoms with E-state index in [0.29, 0.717) is 5.92 Å². The van der Waals surface area contributed by atoms with Crippen LogP contribution in [0.25, 0.3) is 5.52 Å². The Kier molecular flexibility index (Phi) is 3.53. The zero-order chi connectivity index (χ0) is 15.0. The number of hydrogen-bond donors (Lipinski definition) is 0. The van der Waals surface area contributed by atoms with E-state index in [0.717, 1.165) is 36.4 Å². The number of carbonyl (C=O) groups excluding carboxylic acids is 1. The van der Waals surface area contributed by atoms with E-state index in [1.807, 2.05) is 15.6 Å². The van der Waals surface area contributed by atoms with Crippen LogP contribution >= 0.6 is 0 Å². The third-order valence-corrected chi connectivity index (χ3v) is 3.98. The van der Waals surface area contributed by atoms with Crippen LogP contribution in [-0.4, -0.2) is 40.3 Å². The Bertz CT molecular complexity index is 665. The molecule has 0 aromatic carbocycles. The first-order chi connectivity index (χ1) is 10.1. The van der Waals surface area contributed by atoms with Crippen molar-refractivity contribution in [3.05, 3.63) is 24.2 Å². The topological polar surface area (TPSA) is 59.7 Å². The summed E-state index contributed by atoms with van der Waals surface area (Å²) < 4.78 is 6.75. The molecular formula is C15H20N4O2. The van der Waals surface area contributed by atoms with Gasteiger partial charge in [0.1, 0.15) is 11.6 Å². The molecular weight excluding hydrogens is 268 g/mol. The minimum atomic E-state index is -0.244. The van der Waals surface area contributed by atoms with Gasteiger partial charge in [0, 0.05) is 18.9 Å². The van der Waals surface area contributed by atoms with Crippen molar-refractivity contribution in [1.29, 1.82) is 0 Å². The highest BCUT2D eigenvalue weighted by atomic mass is 16.5. The minimum absolute atomic E-state index is 0.195. The van der Waals surface area contributed by atoms with Gasteiger partial charge in [-0.05, 0) is 24.8 Å². The highest BCUT2D eigenvalue weighted by Gasteiger charge is 2.33. The normalized spacial score (nSPS) is 18.7. The molecule has 6 heteroatoms. The molecule has 1 atom stereocenters. The van der Waals surface area contributed by atoms with Gasteiger partial charge in [-0.1, -0.05) is 13.8 Å². The van der Waals surface area contributed by atoms with Gasteiger partial charge in [-0.15, -0.1) is 0 Å². The Hall–Kier alpha value is -2.11. The molecule has 112 valence electrons. The molecule has 0 N–H and O–H groups in total. The number of fused-ring (bicyclic) bond motifs is 1. The predicted octanol–water partition coefficient (Wildman–Crippen LogP) is 1.99. The summed E-state index contributed by atoms with van der Waals surface area (Å²) in [5.74, 6) is 0.970. The van der Waals surface area contributed by atoms with Crippen molar-refractivity contribution in [1.82, 2.24) is 14.6 Å². The van der Waals surface area contributed by atoms with E-state index in [9.17, 15) is 4.79 Å². The number of hydrogen-bond acceptors (Lipinski definition) is 5. The molecule has 0 radical (unpaired) electrons. The molecule has 3 rings (SSSR count). The Morgan fingerprint density at radius 3 is 3.00 bits per heavy atom. The second-order valence-electron chi connectivity index (χ2n) is 5.68. The summed E-state index contributed by atoms with van der Waals surface area (Å²) in [5, 5.41) is 4.57. The predicted molar refractivity (Wildman–Crippen MR) is 79.5 cm³/mol. The third-order valence-electron chi connectivity index (χ3n) is 3.98. The van der Waals surface area contributed by atoms with Crippen LogP contribution in [0, 0.1) is 0 Å². The molecule has 1 fully saturated rings. The summed E-state index contributed by atoms with van der Waals surface area (Å²) in [7, 11) is 1.43. The summed E-state index contributed by atoms with van der Waals surface area (Å²) in [6, 6.07) is 1.81. The zero-order valence-corrected chi connectivity index (χ0v) is 12.6. The number of methoxy groups -OCH3 is 1. The molecule has 6 nitrogen and oxygen atoms in total. The number of carbonyl (C=O) groups is 1. The lowest BCUT2D eigenvalue weighted by molar-refractivity contribution is -0.141. The summed E-state index contributed by atoms with van der Waals surface area (Å²) in [6.07, 6.45) is 5.34. The van der Waals surface area contributed by atoms with Gasteiger partial charge >= 0.3 is 5.97 Å². The minimum Gasteiger partial charge on any atom is -0.467 e. The lowest BCUT2D eigenvalue weighted by Crippen LogP contribution is -2.37. The summed E-state index contributed by atoms with van der Waals surface area (Å²) in [4.78, 5) is 18.5. The molecule has 2 aromatic heterocycles. The van der Waals surface area contributed by atoms with Crippen molar-refractivity contribution in [2.24, 2.45) is 0 Å². The smallest absolute Gasteiger partial charge is 0.328 e. The lowest BCUT2D eigenvalue weighted by atomic mass is 10.1. The number of aromatic nitrogens is 3. The first kappa shape index (κ1) is 13.9. The lowest BCUT2D eigenvalue weighted by Gasteiger charge is -2.23. The second kappa shape index (κ2) is 5.35. The van der Waals surface area contributed by atoms with Crippen LogP contribution in [0.15, 0.2) is 18.5 Å². The molecule has 0 aliphatic carbocycles. The summed E-state index contributed by atoms with van der Waals surface area (Å²) in [6.45, 7) is 5.04. The fourth-order valence-corrected chi connectivity index (χ4v) is 2.83. The van der Waals surface area contributed by atoms with Gasteiger partial charge in [0.25, 0.3) is 0 Å². The first-order valence-corrected chi connectivity index (χ1v) is 7.30. The Balaban J connectivity index is 2.05. The highest BCUT2D eigenvalue weighted by Crippen LogP contribution is 2.29. The van der Waals surface area contributed by atoms with Crippen LogP contribution in [0.2, 0.25) is 0 Å². The van der Waals surface area contributed by atoms with Gasteiger partial charge < -0.3 is 9.64 Å². The zero-order valence-electron chi connectivity index (χ0n) is 12.6. The highest BCUT2D eigenvalue weighted by molar-refractivity contribution is 5.83. The monoisotopic (exact) mass is 288 g/mol. The molecule has 1 unspecified atom stereocenters. The third kappa shape index (κ3) is 2.34. The maximum Gasteiger partial charge on any atom is 0.328 e. The van der Waals surface area contributed by atoms with Crippen LogP contribution < -0.4 is 4.90 Å². The number of rotatable bonds is 3. The van der Waals surface area contributed by atoms with Crippen LogP contribution in [-0.2, 0) is 9.53 Å². The van der Waals surface area contributed by atoms with E-state index in [1.54, 1.807) is 6.20 Å². The first-order valence-electron chi connectivity index (χ1n) is 7.30. The molecule has 3 heterocycles. The standard InChI is InChI=1S/C15H20N4O2/c1-10(2)11-9-13-14(16-6-8-19(13)17-11)18-7-4-5-12(18)15(20)21-3/h6,8-10,12H,4-5,7H2,1-3H3. The Morgan fingerprint density at radius 2 is 2.29 bits per heavy atom. The van der Waals surface area contributed by atoms with Gasteiger partial charge in [0.2, 0.25) is 0 Å². The summed E-state index contributed by atoms with van der Waals surface area (Å²) >= 11 is 0. The quantitative estimate of drug-likeness (QED) is 0.808. The van der Waals surface area contributed by atoms with Crippen molar-refractivity contribution >= 4 is 17.3 Å². The molecule has 0 bridgehead atoms. The Morgan fingerprint density at radius 1 is 1.48 bits per heavy atom. The van der Waals surface area contributed by atoms with Gasteiger partial charge in [-0.2, -0.15) is 5.10 Å². The average molecular weight is 288 g/mol. The average Bonchev–Trinajstić information content (AvgIpc) is 3.12. The van der Waals surface area contributed by atoms with E-state index in [-0.39, 0.29) is 12.0 Å². The number of ether oxygens (including phenoxy) is 1. The molecule has 21 heavy (non-hydrogen) atoms. The van der Waals surface area contributed by atoms with Crippen LogP contribution in [0.5, 0.6) is 0 Å². The van der Waals surface area contributed by atoms with E-state index >= 15 is 0 Å². The second-order valence-corrected chi connectivity index (χ2v) is 5.68. The number of esters is 1. The van der Waals surface area contributed by atoms with Crippen LogP contribution in [0.3, 0.4) is 0 Å². The molecule has 1 aliphatic rings. The fraction of sp³-hybridized carbons (Fsp3) is 0.533. The number of anilines is 1. The van der Waals surface area contributed by atoms with E-state index in [4.69, 9.17) is 4.74 Å². The van der Waals surface area contributed by atoms with Crippen molar-refractivity contribution in [3.63, 3.8) is 0 Å². The summed E-state index contributed by atoms with van der Waals surface area (Å²) in [5.41, 5.74) is 1.97. The van der Waals surface area contributed by atoms with Crippen LogP contribution in [0.4, 0.5) is 5.82 Å².